The van der Waals surface area contributed by atoms with Crippen molar-refractivity contribution in [3.05, 3.63) is 36.5 Å². The molecule has 23 heavy (non-hydrogen) atoms. The molecule has 126 valence electrons. The second-order valence-corrected chi connectivity index (χ2v) is 5.42. The maximum absolute atomic E-state index is 12.0. The number of hydrogen-bond acceptors (Lipinski definition) is 5. The summed E-state index contributed by atoms with van der Waals surface area (Å²) in [5.41, 5.74) is -1.16. The van der Waals surface area contributed by atoms with Gasteiger partial charge in [-0.2, -0.15) is 5.26 Å². The summed E-state index contributed by atoms with van der Waals surface area (Å²) in [7, 11) is 2.91. The van der Waals surface area contributed by atoms with Gasteiger partial charge in [-0.15, -0.1) is 0 Å². The van der Waals surface area contributed by atoms with E-state index < -0.39 is 11.4 Å². The first-order valence-corrected chi connectivity index (χ1v) is 7.77. The van der Waals surface area contributed by atoms with E-state index in [2.05, 4.69) is 6.07 Å². The first-order valence-electron chi connectivity index (χ1n) is 7.77. The Balaban J connectivity index is 2.87. The minimum atomic E-state index is -1.16. The van der Waals surface area contributed by atoms with E-state index >= 15 is 0 Å². The summed E-state index contributed by atoms with van der Waals surface area (Å²) in [4.78, 5) is 12.0. The van der Waals surface area contributed by atoms with Gasteiger partial charge in [-0.1, -0.05) is 36.5 Å². The first-order chi connectivity index (χ1) is 11.2. The van der Waals surface area contributed by atoms with Gasteiger partial charge in [-0.3, -0.25) is 4.79 Å². The lowest BCUT2D eigenvalue weighted by Gasteiger charge is -2.20. The predicted octanol–water partition coefficient (Wildman–Crippen LogP) is 3.29. The van der Waals surface area contributed by atoms with Crippen molar-refractivity contribution in [1.29, 1.82) is 5.26 Å². The second kappa shape index (κ2) is 10.8. The number of allylic oxidation sites excluding steroid dienone is 5. The number of esters is 1. The van der Waals surface area contributed by atoms with Crippen LogP contribution in [0, 0.1) is 16.7 Å². The molecule has 1 rings (SSSR count). The average Bonchev–Trinajstić information content (AvgIpc) is 2.60. The Kier molecular flexibility index (Phi) is 8.96. The number of nitrogens with zero attached hydrogens (tertiary/aromatic N) is 1. The zero-order valence-electron chi connectivity index (χ0n) is 13.9. The fourth-order valence-corrected chi connectivity index (χ4v) is 2.35. The highest BCUT2D eigenvalue weighted by atomic mass is 16.7. The van der Waals surface area contributed by atoms with Crippen LogP contribution in [-0.4, -0.2) is 33.1 Å². The van der Waals surface area contributed by atoms with Gasteiger partial charge in [0.15, 0.2) is 5.41 Å². The van der Waals surface area contributed by atoms with Crippen molar-refractivity contribution in [2.75, 3.05) is 21.0 Å². The summed E-state index contributed by atoms with van der Waals surface area (Å²) in [6, 6.07) is 2.13. The number of methoxy groups -OCH3 is 2. The van der Waals surface area contributed by atoms with E-state index in [0.29, 0.717) is 12.8 Å². The van der Waals surface area contributed by atoms with Gasteiger partial charge in [0.1, 0.15) is 6.79 Å². The van der Waals surface area contributed by atoms with Crippen LogP contribution in [0.3, 0.4) is 0 Å². The molecule has 5 heteroatoms. The lowest BCUT2D eigenvalue weighted by atomic mass is 9.82. The molecule has 5 nitrogen and oxygen atoms in total. The Hall–Kier alpha value is -1.90. The molecule has 0 saturated carbocycles. The molecule has 2 atom stereocenters. The monoisotopic (exact) mass is 319 g/mol. The number of carbonyl (C=O) groups is 1. The quantitative estimate of drug-likeness (QED) is 0.452. The second-order valence-electron chi connectivity index (χ2n) is 5.42. The molecule has 2 unspecified atom stereocenters. The number of hydrogen-bond donors (Lipinski definition) is 0. The van der Waals surface area contributed by atoms with Crippen LogP contribution in [0.2, 0.25) is 0 Å². The summed E-state index contributed by atoms with van der Waals surface area (Å²) < 4.78 is 15.3. The third-order valence-electron chi connectivity index (χ3n) is 3.72. The lowest BCUT2D eigenvalue weighted by molar-refractivity contribution is -0.149. The molecule has 0 bridgehead atoms. The summed E-state index contributed by atoms with van der Waals surface area (Å²) in [6.45, 7) is 0.258. The highest BCUT2D eigenvalue weighted by Crippen LogP contribution is 2.29. The third-order valence-corrected chi connectivity index (χ3v) is 3.72. The predicted molar refractivity (Wildman–Crippen MR) is 87.3 cm³/mol. The molecule has 1 aliphatic rings. The Morgan fingerprint density at radius 2 is 2.04 bits per heavy atom. The average molecular weight is 319 g/mol. The molecule has 0 aromatic carbocycles. The highest BCUT2D eigenvalue weighted by molar-refractivity contribution is 5.80. The summed E-state index contributed by atoms with van der Waals surface area (Å²) >= 11 is 0. The van der Waals surface area contributed by atoms with E-state index in [9.17, 15) is 10.1 Å². The van der Waals surface area contributed by atoms with Gasteiger partial charge in [-0.05, 0) is 32.1 Å². The van der Waals surface area contributed by atoms with Gasteiger partial charge >= 0.3 is 5.97 Å². The minimum absolute atomic E-state index is 0.00455. The molecule has 0 aromatic heterocycles. The highest BCUT2D eigenvalue weighted by Gasteiger charge is 2.37. The van der Waals surface area contributed by atoms with Crippen LogP contribution in [0.5, 0.6) is 0 Å². The Labute approximate surface area is 138 Å². The molecule has 0 spiro atoms. The zero-order valence-corrected chi connectivity index (χ0v) is 13.9. The first kappa shape index (κ1) is 19.1. The number of carbonyl (C=O) groups excluding carboxylic acids is 1. The van der Waals surface area contributed by atoms with Crippen LogP contribution in [0.15, 0.2) is 36.5 Å². The van der Waals surface area contributed by atoms with E-state index in [4.69, 9.17) is 14.2 Å². The fraction of sp³-hybridized carbons (Fsp3) is 0.556. The van der Waals surface area contributed by atoms with E-state index in [1.165, 1.54) is 7.11 Å². The zero-order chi connectivity index (χ0) is 17.0. The van der Waals surface area contributed by atoms with Crippen molar-refractivity contribution >= 4 is 5.97 Å². The molecule has 0 amide bonds. The van der Waals surface area contributed by atoms with E-state index in [0.717, 1.165) is 19.3 Å². The van der Waals surface area contributed by atoms with Crippen molar-refractivity contribution in [2.45, 2.75) is 38.2 Å². The van der Waals surface area contributed by atoms with E-state index in [1.807, 2.05) is 36.5 Å². The molecule has 0 heterocycles. The smallest absolute Gasteiger partial charge is 0.326 e. The van der Waals surface area contributed by atoms with Crippen LogP contribution in [0.1, 0.15) is 32.1 Å². The Bertz CT molecular complexity index is 490. The van der Waals surface area contributed by atoms with Crippen LogP contribution in [0.4, 0.5) is 0 Å². The van der Waals surface area contributed by atoms with Gasteiger partial charge in [0.25, 0.3) is 0 Å². The van der Waals surface area contributed by atoms with Crippen LogP contribution in [0.25, 0.3) is 0 Å². The summed E-state index contributed by atoms with van der Waals surface area (Å²) in [5, 5.41) is 9.47. The van der Waals surface area contributed by atoms with Gasteiger partial charge in [0.2, 0.25) is 0 Å². The van der Waals surface area contributed by atoms with E-state index in [-0.39, 0.29) is 12.9 Å². The minimum Gasteiger partial charge on any atom is -0.468 e. The van der Waals surface area contributed by atoms with Gasteiger partial charge in [0.05, 0.1) is 19.3 Å². The van der Waals surface area contributed by atoms with Crippen molar-refractivity contribution in [3.63, 3.8) is 0 Å². The molecule has 0 fully saturated rings. The topological polar surface area (TPSA) is 68.5 Å². The third kappa shape index (κ3) is 6.39. The van der Waals surface area contributed by atoms with Crippen molar-refractivity contribution in [2.24, 2.45) is 5.41 Å². The van der Waals surface area contributed by atoms with Gasteiger partial charge < -0.3 is 14.2 Å². The molecular weight excluding hydrogens is 294 g/mol. The lowest BCUT2D eigenvalue weighted by Crippen LogP contribution is -2.29. The maximum Gasteiger partial charge on any atom is 0.326 e. The normalized spacial score (nSPS) is 29.9. The SMILES string of the molecule is COCOC1/C=C/C=C\CC(C#N)(C(=O)OC)C/C=C\CCC1. The molecule has 0 saturated heterocycles. The largest absolute Gasteiger partial charge is 0.468 e. The van der Waals surface area contributed by atoms with Gasteiger partial charge in [-0.25, -0.2) is 0 Å². The van der Waals surface area contributed by atoms with Crippen molar-refractivity contribution in [3.8, 4) is 6.07 Å². The van der Waals surface area contributed by atoms with Crippen molar-refractivity contribution in [1.82, 2.24) is 0 Å². The number of ether oxygens (including phenoxy) is 3. The molecule has 0 aromatic rings. The standard InChI is InChI=1S/C18H25NO4/c1-21-15-23-16-10-6-3-4-8-12-18(14-19,17(20)22-2)13-9-5-7-11-16/h4-5,7-9,11,16H,3,6,10,12-13,15H2,1-2H3/b8-4-,9-5-,11-7+. The van der Waals surface area contributed by atoms with Gasteiger partial charge in [0, 0.05) is 7.11 Å². The molecular formula is C18H25NO4. The maximum atomic E-state index is 12.0. The summed E-state index contributed by atoms with van der Waals surface area (Å²) in [5.74, 6) is -0.491. The molecule has 0 radical (unpaired) electrons. The van der Waals surface area contributed by atoms with Crippen LogP contribution < -0.4 is 0 Å². The molecule has 1 aliphatic carbocycles. The van der Waals surface area contributed by atoms with E-state index in [1.54, 1.807) is 7.11 Å². The fourth-order valence-electron chi connectivity index (χ4n) is 2.35. The Morgan fingerprint density at radius 1 is 1.26 bits per heavy atom. The van der Waals surface area contributed by atoms with Crippen molar-refractivity contribution < 1.29 is 19.0 Å². The molecule has 0 aliphatic heterocycles. The van der Waals surface area contributed by atoms with Crippen LogP contribution >= 0.6 is 0 Å². The Morgan fingerprint density at radius 3 is 2.74 bits per heavy atom. The van der Waals surface area contributed by atoms with Crippen LogP contribution in [-0.2, 0) is 19.0 Å². The summed E-state index contributed by atoms with van der Waals surface area (Å²) in [6.07, 6.45) is 14.8. The number of rotatable bonds is 4. The molecule has 0 N–H and O–H groups in total. The number of nitriles is 1.